The van der Waals surface area contributed by atoms with Crippen LogP contribution in [0.4, 0.5) is 0 Å². The van der Waals surface area contributed by atoms with E-state index in [4.69, 9.17) is 11.6 Å². The first-order chi connectivity index (χ1) is 13.6. The molecule has 6 heteroatoms. The highest BCUT2D eigenvalue weighted by Gasteiger charge is 2.24. The van der Waals surface area contributed by atoms with Gasteiger partial charge < -0.3 is 0 Å². The zero-order chi connectivity index (χ0) is 19.6. The fourth-order valence-corrected chi connectivity index (χ4v) is 4.34. The molecule has 3 aromatic carbocycles. The Kier molecular flexibility index (Phi) is 4.94. The zero-order valence-electron chi connectivity index (χ0n) is 14.7. The first kappa shape index (κ1) is 18.3. The highest BCUT2D eigenvalue weighted by atomic mass is 35.5. The van der Waals surface area contributed by atoms with Crippen LogP contribution in [0.3, 0.4) is 0 Å². The Bertz CT molecular complexity index is 1290. The van der Waals surface area contributed by atoms with E-state index in [-0.39, 0.29) is 15.6 Å². The number of benzene rings is 3. The van der Waals surface area contributed by atoms with Crippen molar-refractivity contribution in [2.45, 2.75) is 9.92 Å². The third-order valence-corrected chi connectivity index (χ3v) is 6.24. The molecule has 28 heavy (non-hydrogen) atoms. The van der Waals surface area contributed by atoms with E-state index in [2.05, 4.69) is 9.97 Å². The van der Waals surface area contributed by atoms with Crippen molar-refractivity contribution >= 4 is 44.6 Å². The number of hydrogen-bond donors (Lipinski definition) is 0. The zero-order valence-corrected chi connectivity index (χ0v) is 16.2. The van der Waals surface area contributed by atoms with E-state index in [1.165, 1.54) is 0 Å². The molecule has 0 aliphatic rings. The predicted octanol–water partition coefficient (Wildman–Crippen LogP) is 5.29. The van der Waals surface area contributed by atoms with E-state index in [9.17, 15) is 8.42 Å². The number of hydrogen-bond acceptors (Lipinski definition) is 4. The van der Waals surface area contributed by atoms with Crippen LogP contribution in [0.25, 0.3) is 23.2 Å². The molecule has 138 valence electrons. The van der Waals surface area contributed by atoms with Crippen LogP contribution < -0.4 is 0 Å². The van der Waals surface area contributed by atoms with Gasteiger partial charge in [0.05, 0.1) is 15.9 Å². The largest absolute Gasteiger partial charge is 0.244 e. The van der Waals surface area contributed by atoms with Gasteiger partial charge in [0.25, 0.3) is 0 Å². The van der Waals surface area contributed by atoms with Gasteiger partial charge in [0.1, 0.15) is 5.69 Å². The topological polar surface area (TPSA) is 59.9 Å². The maximum atomic E-state index is 13.2. The summed E-state index contributed by atoms with van der Waals surface area (Å²) in [6.07, 6.45) is 3.38. The summed E-state index contributed by atoms with van der Waals surface area (Å²) in [5, 5.41) is 0.487. The Labute approximate surface area is 168 Å². The number of halogens is 1. The average molecular weight is 407 g/mol. The van der Waals surface area contributed by atoms with E-state index >= 15 is 0 Å². The van der Waals surface area contributed by atoms with Crippen LogP contribution >= 0.6 is 11.6 Å². The van der Waals surface area contributed by atoms with Gasteiger partial charge in [-0.2, -0.15) is 0 Å². The van der Waals surface area contributed by atoms with E-state index in [0.717, 1.165) is 5.56 Å². The van der Waals surface area contributed by atoms with Crippen LogP contribution in [0.15, 0.2) is 88.8 Å². The molecule has 4 rings (SSSR count). The third kappa shape index (κ3) is 3.54. The molecule has 0 atom stereocenters. The van der Waals surface area contributed by atoms with Gasteiger partial charge in [0.15, 0.2) is 5.03 Å². The Morgan fingerprint density at radius 3 is 2.04 bits per heavy atom. The first-order valence-corrected chi connectivity index (χ1v) is 10.4. The van der Waals surface area contributed by atoms with Crippen LogP contribution in [-0.2, 0) is 9.84 Å². The summed E-state index contributed by atoms with van der Waals surface area (Å²) in [6.45, 7) is 0. The summed E-state index contributed by atoms with van der Waals surface area (Å²) in [5.41, 5.74) is 2.17. The van der Waals surface area contributed by atoms with Crippen LogP contribution in [0.1, 0.15) is 11.3 Å². The Morgan fingerprint density at radius 1 is 0.714 bits per heavy atom. The quantitative estimate of drug-likeness (QED) is 0.462. The normalized spacial score (nSPS) is 11.9. The Morgan fingerprint density at radius 2 is 1.32 bits per heavy atom. The molecule has 0 saturated carbocycles. The van der Waals surface area contributed by atoms with Crippen molar-refractivity contribution in [3.05, 3.63) is 95.1 Å². The molecule has 0 radical (unpaired) electrons. The lowest BCUT2D eigenvalue weighted by Gasteiger charge is -2.08. The number of sulfone groups is 1. The molecule has 4 aromatic rings. The van der Waals surface area contributed by atoms with Crippen LogP contribution in [0.5, 0.6) is 0 Å². The molecule has 4 nitrogen and oxygen atoms in total. The monoisotopic (exact) mass is 406 g/mol. The van der Waals surface area contributed by atoms with Gasteiger partial charge in [-0.25, -0.2) is 18.4 Å². The molecule has 0 unspecified atom stereocenters. The number of aromatic nitrogens is 2. The molecule has 0 aliphatic heterocycles. The molecule has 0 spiro atoms. The molecule has 0 amide bonds. The maximum Gasteiger partial charge on any atom is 0.226 e. The molecule has 0 aliphatic carbocycles. The minimum Gasteiger partial charge on any atom is -0.244 e. The average Bonchev–Trinajstić information content (AvgIpc) is 2.73. The minimum absolute atomic E-state index is 0.0827. The minimum atomic E-state index is -3.83. The number of nitrogens with zero attached hydrogens (tertiary/aromatic N) is 2. The van der Waals surface area contributed by atoms with Crippen molar-refractivity contribution in [2.24, 2.45) is 0 Å². The van der Waals surface area contributed by atoms with E-state index in [1.807, 2.05) is 24.3 Å². The van der Waals surface area contributed by atoms with Crippen molar-refractivity contribution in [1.29, 1.82) is 0 Å². The molecule has 0 fully saturated rings. The molecule has 0 N–H and O–H groups in total. The van der Waals surface area contributed by atoms with Gasteiger partial charge in [-0.05, 0) is 42.0 Å². The number of rotatable bonds is 4. The summed E-state index contributed by atoms with van der Waals surface area (Å²) in [6, 6.07) is 22.7. The van der Waals surface area contributed by atoms with E-state index in [0.29, 0.717) is 16.1 Å². The van der Waals surface area contributed by atoms with Crippen LogP contribution in [0, 0.1) is 0 Å². The van der Waals surface area contributed by atoms with Gasteiger partial charge in [-0.1, -0.05) is 66.2 Å². The summed E-state index contributed by atoms with van der Waals surface area (Å²) in [4.78, 5) is 9.14. The summed E-state index contributed by atoms with van der Waals surface area (Å²) >= 11 is 6.21. The molecular weight excluding hydrogens is 392 g/mol. The van der Waals surface area contributed by atoms with Gasteiger partial charge in [-0.15, -0.1) is 0 Å². The van der Waals surface area contributed by atoms with E-state index < -0.39 is 9.84 Å². The molecular formula is C22H15ClN2O2S. The lowest BCUT2D eigenvalue weighted by molar-refractivity contribution is 0.592. The summed E-state index contributed by atoms with van der Waals surface area (Å²) < 4.78 is 26.4. The molecule has 0 saturated heterocycles. The lowest BCUT2D eigenvalue weighted by Crippen LogP contribution is -2.08. The fourth-order valence-electron chi connectivity index (χ4n) is 2.79. The van der Waals surface area contributed by atoms with Crippen molar-refractivity contribution in [3.63, 3.8) is 0 Å². The SMILES string of the molecule is O=S(=O)(c1ccccc1)c1nc2ccccc2nc1/C=C/c1ccccc1Cl. The van der Waals surface area contributed by atoms with Gasteiger partial charge in [0, 0.05) is 5.02 Å². The van der Waals surface area contributed by atoms with Gasteiger partial charge in [0.2, 0.25) is 9.84 Å². The van der Waals surface area contributed by atoms with Gasteiger partial charge >= 0.3 is 0 Å². The highest BCUT2D eigenvalue weighted by molar-refractivity contribution is 7.91. The van der Waals surface area contributed by atoms with Crippen molar-refractivity contribution in [3.8, 4) is 0 Å². The summed E-state index contributed by atoms with van der Waals surface area (Å²) in [7, 11) is -3.83. The van der Waals surface area contributed by atoms with Crippen molar-refractivity contribution < 1.29 is 8.42 Å². The first-order valence-electron chi connectivity index (χ1n) is 8.55. The fraction of sp³-hybridized carbons (Fsp3) is 0. The standard InChI is InChI=1S/C22H15ClN2O2S/c23-18-11-5-4-8-16(18)14-15-21-22(25-20-13-7-6-12-19(20)24-21)28(26,27)17-9-2-1-3-10-17/h1-15H/b15-14+. The predicted molar refractivity (Wildman–Crippen MR) is 112 cm³/mol. The second-order valence-electron chi connectivity index (χ2n) is 6.07. The number of para-hydroxylation sites is 2. The Hall–Kier alpha value is -3.02. The maximum absolute atomic E-state index is 13.2. The molecule has 1 aromatic heterocycles. The van der Waals surface area contributed by atoms with Crippen LogP contribution in [0.2, 0.25) is 5.02 Å². The second kappa shape index (κ2) is 7.54. The van der Waals surface area contributed by atoms with Crippen molar-refractivity contribution in [2.75, 3.05) is 0 Å². The highest BCUT2D eigenvalue weighted by Crippen LogP contribution is 2.26. The smallest absolute Gasteiger partial charge is 0.226 e. The van der Waals surface area contributed by atoms with Crippen LogP contribution in [-0.4, -0.2) is 18.4 Å². The van der Waals surface area contributed by atoms with E-state index in [1.54, 1.807) is 66.7 Å². The van der Waals surface area contributed by atoms with Crippen molar-refractivity contribution in [1.82, 2.24) is 9.97 Å². The lowest BCUT2D eigenvalue weighted by atomic mass is 10.2. The molecule has 0 bridgehead atoms. The second-order valence-corrected chi connectivity index (χ2v) is 8.35. The van der Waals surface area contributed by atoms with Gasteiger partial charge in [-0.3, -0.25) is 0 Å². The third-order valence-electron chi connectivity index (χ3n) is 4.20. The molecule has 1 heterocycles. The number of fused-ring (bicyclic) bond motifs is 1. The summed E-state index contributed by atoms with van der Waals surface area (Å²) in [5.74, 6) is 0. The Balaban J connectivity index is 1.92.